The monoisotopic (exact) mass is 222 g/mol. The number of halogens is 1. The topological polar surface area (TPSA) is 55.1 Å². The molecule has 0 bridgehead atoms. The number of piperidine rings is 1. The Morgan fingerprint density at radius 1 is 1.50 bits per heavy atom. The molecule has 86 valence electrons. The maximum atomic E-state index is 13.0. The van der Waals surface area contributed by atoms with Gasteiger partial charge in [0.15, 0.2) is 0 Å². The van der Waals surface area contributed by atoms with E-state index in [0.717, 1.165) is 11.1 Å². The Hall–Kier alpha value is -1.42. The van der Waals surface area contributed by atoms with Crippen LogP contribution in [-0.2, 0) is 4.79 Å². The number of benzene rings is 1. The predicted octanol–water partition coefficient (Wildman–Crippen LogP) is 1.41. The lowest BCUT2D eigenvalue weighted by molar-refractivity contribution is -0.123. The minimum absolute atomic E-state index is 0.00965. The largest absolute Gasteiger partial charge is 0.348 e. The summed E-state index contributed by atoms with van der Waals surface area (Å²) in [6, 6.07) is 4.27. The fourth-order valence-electron chi connectivity index (χ4n) is 2.11. The van der Waals surface area contributed by atoms with E-state index in [4.69, 9.17) is 5.73 Å². The molecule has 1 heterocycles. The molecule has 3 N–H and O–H groups in total. The highest BCUT2D eigenvalue weighted by molar-refractivity contribution is 5.77. The Labute approximate surface area is 93.8 Å². The van der Waals surface area contributed by atoms with Crippen molar-refractivity contribution in [1.29, 1.82) is 0 Å². The van der Waals surface area contributed by atoms with E-state index in [1.54, 1.807) is 6.07 Å². The van der Waals surface area contributed by atoms with Crippen LogP contribution in [0, 0.1) is 12.7 Å². The molecule has 1 aliphatic heterocycles. The van der Waals surface area contributed by atoms with Crippen LogP contribution >= 0.6 is 0 Å². The van der Waals surface area contributed by atoms with Crippen molar-refractivity contribution in [2.45, 2.75) is 31.8 Å². The van der Waals surface area contributed by atoms with Crippen molar-refractivity contribution >= 4 is 5.91 Å². The van der Waals surface area contributed by atoms with E-state index in [-0.39, 0.29) is 23.8 Å². The molecule has 0 aliphatic carbocycles. The lowest BCUT2D eigenvalue weighted by Crippen LogP contribution is -2.46. The highest BCUT2D eigenvalue weighted by Crippen LogP contribution is 2.25. The number of amides is 1. The number of rotatable bonds is 1. The zero-order valence-electron chi connectivity index (χ0n) is 9.16. The van der Waals surface area contributed by atoms with Gasteiger partial charge in [-0.2, -0.15) is 0 Å². The highest BCUT2D eigenvalue weighted by Gasteiger charge is 2.27. The summed E-state index contributed by atoms with van der Waals surface area (Å²) in [5.74, 6) is -0.257. The first-order valence-corrected chi connectivity index (χ1v) is 5.39. The summed E-state index contributed by atoms with van der Waals surface area (Å²) in [7, 11) is 0. The lowest BCUT2D eigenvalue weighted by atomic mass is 9.90. The van der Waals surface area contributed by atoms with Gasteiger partial charge in [-0.3, -0.25) is 4.79 Å². The van der Waals surface area contributed by atoms with Crippen molar-refractivity contribution in [1.82, 2.24) is 5.32 Å². The van der Waals surface area contributed by atoms with Crippen LogP contribution in [0.5, 0.6) is 0 Å². The number of nitrogens with one attached hydrogen (secondary N) is 1. The molecular weight excluding hydrogens is 207 g/mol. The van der Waals surface area contributed by atoms with Crippen LogP contribution in [0.15, 0.2) is 18.2 Å². The normalized spacial score (nSPS) is 25.3. The third-order valence-electron chi connectivity index (χ3n) is 3.02. The second-order valence-corrected chi connectivity index (χ2v) is 4.25. The van der Waals surface area contributed by atoms with Gasteiger partial charge in [0.2, 0.25) is 5.91 Å². The third-order valence-corrected chi connectivity index (χ3v) is 3.02. The molecule has 1 fully saturated rings. The summed E-state index contributed by atoms with van der Waals surface area (Å²) in [4.78, 5) is 11.3. The molecular formula is C12H15FN2O. The van der Waals surface area contributed by atoms with Crippen molar-refractivity contribution < 1.29 is 9.18 Å². The fourth-order valence-corrected chi connectivity index (χ4v) is 2.11. The van der Waals surface area contributed by atoms with Gasteiger partial charge >= 0.3 is 0 Å². The summed E-state index contributed by atoms with van der Waals surface area (Å²) in [6.45, 7) is 1.83. The number of hydrogen-bond acceptors (Lipinski definition) is 2. The van der Waals surface area contributed by atoms with Crippen LogP contribution in [0.4, 0.5) is 4.39 Å². The van der Waals surface area contributed by atoms with Gasteiger partial charge in [-0.1, -0.05) is 6.07 Å². The Bertz CT molecular complexity index is 419. The van der Waals surface area contributed by atoms with Gasteiger partial charge in [-0.15, -0.1) is 0 Å². The van der Waals surface area contributed by atoms with Gasteiger partial charge in [0.25, 0.3) is 0 Å². The Morgan fingerprint density at radius 3 is 2.94 bits per heavy atom. The molecule has 2 rings (SSSR count). The van der Waals surface area contributed by atoms with E-state index in [1.807, 2.05) is 6.92 Å². The van der Waals surface area contributed by atoms with E-state index in [2.05, 4.69) is 5.32 Å². The van der Waals surface area contributed by atoms with Crippen LogP contribution in [0.1, 0.15) is 30.0 Å². The smallest absolute Gasteiger partial charge is 0.220 e. The molecule has 2 unspecified atom stereocenters. The molecule has 16 heavy (non-hydrogen) atoms. The minimum atomic E-state index is -0.267. The van der Waals surface area contributed by atoms with Gasteiger partial charge in [0.05, 0.1) is 6.04 Å². The van der Waals surface area contributed by atoms with Gasteiger partial charge in [0, 0.05) is 12.5 Å². The van der Waals surface area contributed by atoms with Crippen molar-refractivity contribution in [3.63, 3.8) is 0 Å². The molecule has 0 saturated carbocycles. The maximum absolute atomic E-state index is 13.0. The minimum Gasteiger partial charge on any atom is -0.348 e. The van der Waals surface area contributed by atoms with Crippen LogP contribution < -0.4 is 11.1 Å². The van der Waals surface area contributed by atoms with Crippen LogP contribution in [0.2, 0.25) is 0 Å². The maximum Gasteiger partial charge on any atom is 0.220 e. The summed E-state index contributed by atoms with van der Waals surface area (Å²) < 4.78 is 13.0. The fraction of sp³-hybridized carbons (Fsp3) is 0.417. The number of hydrogen-bond donors (Lipinski definition) is 2. The van der Waals surface area contributed by atoms with E-state index in [0.29, 0.717) is 12.8 Å². The zero-order valence-corrected chi connectivity index (χ0v) is 9.16. The van der Waals surface area contributed by atoms with E-state index in [9.17, 15) is 9.18 Å². The van der Waals surface area contributed by atoms with Crippen LogP contribution in [-0.4, -0.2) is 11.9 Å². The summed E-state index contributed by atoms with van der Waals surface area (Å²) in [6.07, 6.45) is 1.14. The first-order chi connectivity index (χ1) is 7.58. The summed E-state index contributed by atoms with van der Waals surface area (Å²) >= 11 is 0. The van der Waals surface area contributed by atoms with Crippen molar-refractivity contribution in [2.24, 2.45) is 5.73 Å². The molecule has 4 heteroatoms. The molecule has 1 aromatic rings. The Morgan fingerprint density at radius 2 is 2.25 bits per heavy atom. The third kappa shape index (κ3) is 2.07. The number of carbonyl (C=O) groups is 1. The first-order valence-electron chi connectivity index (χ1n) is 5.39. The number of carbonyl (C=O) groups excluding carboxylic acids is 1. The van der Waals surface area contributed by atoms with Crippen LogP contribution in [0.3, 0.4) is 0 Å². The van der Waals surface area contributed by atoms with Crippen LogP contribution in [0.25, 0.3) is 0 Å². The average Bonchev–Trinajstić information content (AvgIpc) is 2.22. The lowest BCUT2D eigenvalue weighted by Gasteiger charge is -2.30. The SMILES string of the molecule is Cc1cc(F)ccc1C1NC(=O)CCC1N. The summed E-state index contributed by atoms with van der Waals surface area (Å²) in [5.41, 5.74) is 7.70. The molecule has 0 aromatic heterocycles. The van der Waals surface area contributed by atoms with Gasteiger partial charge < -0.3 is 11.1 Å². The molecule has 0 spiro atoms. The molecule has 1 aliphatic rings. The van der Waals surface area contributed by atoms with Crippen molar-refractivity contribution in [3.05, 3.63) is 35.1 Å². The molecule has 1 aromatic carbocycles. The second-order valence-electron chi connectivity index (χ2n) is 4.25. The Kier molecular flexibility index (Phi) is 2.92. The van der Waals surface area contributed by atoms with E-state index < -0.39 is 0 Å². The quantitative estimate of drug-likeness (QED) is 0.755. The van der Waals surface area contributed by atoms with Gasteiger partial charge in [-0.05, 0) is 36.6 Å². The predicted molar refractivity (Wildman–Crippen MR) is 59.2 cm³/mol. The number of nitrogens with two attached hydrogens (primary N) is 1. The molecule has 0 radical (unpaired) electrons. The van der Waals surface area contributed by atoms with Crippen molar-refractivity contribution in [3.8, 4) is 0 Å². The first kappa shape index (κ1) is 11.1. The highest BCUT2D eigenvalue weighted by atomic mass is 19.1. The standard InChI is InChI=1S/C12H15FN2O/c1-7-6-8(13)2-3-9(7)12-10(14)4-5-11(16)15-12/h2-3,6,10,12H,4-5,14H2,1H3,(H,15,16). The second kappa shape index (κ2) is 4.22. The molecule has 1 saturated heterocycles. The molecule has 3 nitrogen and oxygen atoms in total. The molecule has 2 atom stereocenters. The average molecular weight is 222 g/mol. The van der Waals surface area contributed by atoms with Gasteiger partial charge in [0.1, 0.15) is 5.82 Å². The number of aryl methyl sites for hydroxylation is 1. The van der Waals surface area contributed by atoms with E-state index >= 15 is 0 Å². The van der Waals surface area contributed by atoms with Gasteiger partial charge in [-0.25, -0.2) is 4.39 Å². The Balaban J connectivity index is 2.31. The molecule has 1 amide bonds. The summed E-state index contributed by atoms with van der Waals surface area (Å²) in [5, 5.41) is 2.86. The zero-order chi connectivity index (χ0) is 11.7. The van der Waals surface area contributed by atoms with E-state index in [1.165, 1.54) is 12.1 Å². The van der Waals surface area contributed by atoms with Crippen molar-refractivity contribution in [2.75, 3.05) is 0 Å².